The molecule has 1 spiro atoms. The summed E-state index contributed by atoms with van der Waals surface area (Å²) in [5.74, 6) is 0.464. The van der Waals surface area contributed by atoms with E-state index in [1.165, 1.54) is 0 Å². The molecule has 0 unspecified atom stereocenters. The Hall–Kier alpha value is -1.95. The molecule has 2 fully saturated rings. The highest BCUT2D eigenvalue weighted by atomic mass is 16.2. The molecule has 0 bridgehead atoms. The number of hydrogen-bond acceptors (Lipinski definition) is 4. The van der Waals surface area contributed by atoms with Crippen LogP contribution in [0.1, 0.15) is 33.1 Å². The van der Waals surface area contributed by atoms with Crippen LogP contribution in [0, 0.1) is 5.92 Å². The molecule has 0 aliphatic carbocycles. The molecule has 3 rings (SSSR count). The van der Waals surface area contributed by atoms with Crippen molar-refractivity contribution in [3.05, 3.63) is 24.5 Å². The highest BCUT2D eigenvalue weighted by Gasteiger charge is 2.49. The Kier molecular flexibility index (Phi) is 5.08. The number of nitrogens with zero attached hydrogens (tertiary/aromatic N) is 4. The maximum atomic E-state index is 12.8. The minimum absolute atomic E-state index is 0.0888. The van der Waals surface area contributed by atoms with Gasteiger partial charge >= 0.3 is 0 Å². The third-order valence-corrected chi connectivity index (χ3v) is 5.87. The maximum Gasteiger partial charge on any atom is 0.241 e. The van der Waals surface area contributed by atoms with Crippen LogP contribution in [0.25, 0.3) is 0 Å². The number of rotatable bonds is 4. The minimum atomic E-state index is -0.161. The normalized spacial score (nSPS) is 24.6. The molecular formula is C19H28N4O2. The average molecular weight is 344 g/mol. The third-order valence-electron chi connectivity index (χ3n) is 5.87. The van der Waals surface area contributed by atoms with Crippen molar-refractivity contribution in [2.45, 2.75) is 38.6 Å². The zero-order valence-corrected chi connectivity index (χ0v) is 15.4. The van der Waals surface area contributed by atoms with E-state index in [1.54, 1.807) is 12.4 Å². The monoisotopic (exact) mass is 344 g/mol. The summed E-state index contributed by atoms with van der Waals surface area (Å²) in [4.78, 5) is 35.4. The summed E-state index contributed by atoms with van der Waals surface area (Å²) in [5, 5.41) is 0. The van der Waals surface area contributed by atoms with Gasteiger partial charge in [0, 0.05) is 31.7 Å². The first kappa shape index (κ1) is 17.9. The fraction of sp³-hybridized carbons (Fsp3) is 0.632. The van der Waals surface area contributed by atoms with Gasteiger partial charge < -0.3 is 9.80 Å². The molecule has 1 aromatic rings. The number of anilines is 1. The Morgan fingerprint density at radius 3 is 2.72 bits per heavy atom. The summed E-state index contributed by atoms with van der Waals surface area (Å²) in [5.41, 5.74) is 0.676. The van der Waals surface area contributed by atoms with E-state index in [2.05, 4.69) is 23.7 Å². The molecule has 2 aliphatic heterocycles. The van der Waals surface area contributed by atoms with Gasteiger partial charge in [-0.05, 0) is 38.4 Å². The van der Waals surface area contributed by atoms with Crippen LogP contribution in [0.2, 0.25) is 0 Å². The zero-order valence-electron chi connectivity index (χ0n) is 15.4. The van der Waals surface area contributed by atoms with E-state index < -0.39 is 0 Å². The van der Waals surface area contributed by atoms with Gasteiger partial charge in [0.05, 0.1) is 24.0 Å². The van der Waals surface area contributed by atoms with Crippen molar-refractivity contribution >= 4 is 17.5 Å². The molecule has 2 saturated heterocycles. The smallest absolute Gasteiger partial charge is 0.241 e. The largest absolute Gasteiger partial charge is 0.340 e. The molecule has 1 atom stereocenters. The maximum absolute atomic E-state index is 12.8. The van der Waals surface area contributed by atoms with E-state index in [1.807, 2.05) is 29.0 Å². The molecule has 2 aliphatic rings. The van der Waals surface area contributed by atoms with E-state index in [9.17, 15) is 9.59 Å². The van der Waals surface area contributed by atoms with E-state index in [4.69, 9.17) is 0 Å². The molecule has 3 heterocycles. The van der Waals surface area contributed by atoms with Gasteiger partial charge in [-0.2, -0.15) is 0 Å². The van der Waals surface area contributed by atoms with Gasteiger partial charge in [-0.1, -0.05) is 13.8 Å². The van der Waals surface area contributed by atoms with Gasteiger partial charge in [-0.15, -0.1) is 0 Å². The van der Waals surface area contributed by atoms with Crippen LogP contribution < -0.4 is 4.90 Å². The van der Waals surface area contributed by atoms with Crippen LogP contribution in [0.3, 0.4) is 0 Å². The molecule has 2 amide bonds. The van der Waals surface area contributed by atoms with E-state index >= 15 is 0 Å². The van der Waals surface area contributed by atoms with Crippen LogP contribution in [-0.2, 0) is 9.59 Å². The Bertz CT molecular complexity index is 632. The number of carbonyl (C=O) groups is 2. The van der Waals surface area contributed by atoms with Gasteiger partial charge in [0.1, 0.15) is 0 Å². The number of likely N-dealkylation sites (tertiary alicyclic amines) is 1. The van der Waals surface area contributed by atoms with Gasteiger partial charge in [0.15, 0.2) is 0 Å². The first-order valence-corrected chi connectivity index (χ1v) is 9.21. The summed E-state index contributed by atoms with van der Waals surface area (Å²) in [6.45, 7) is 6.61. The van der Waals surface area contributed by atoms with Crippen molar-refractivity contribution < 1.29 is 9.59 Å². The van der Waals surface area contributed by atoms with Crippen LogP contribution >= 0.6 is 0 Å². The van der Waals surface area contributed by atoms with Crippen LogP contribution in [0.5, 0.6) is 0 Å². The summed E-state index contributed by atoms with van der Waals surface area (Å²) in [6, 6.07) is 3.77. The van der Waals surface area contributed by atoms with Crippen LogP contribution in [-0.4, -0.2) is 65.4 Å². The lowest BCUT2D eigenvalue weighted by Gasteiger charge is -2.46. The van der Waals surface area contributed by atoms with Gasteiger partial charge in [0.25, 0.3) is 0 Å². The summed E-state index contributed by atoms with van der Waals surface area (Å²) >= 11 is 0. The molecule has 0 aromatic carbocycles. The van der Waals surface area contributed by atoms with Crippen LogP contribution in [0.15, 0.2) is 24.5 Å². The predicted molar refractivity (Wildman–Crippen MR) is 97.2 cm³/mol. The molecule has 6 heteroatoms. The fourth-order valence-corrected chi connectivity index (χ4v) is 4.09. The predicted octanol–water partition coefficient (Wildman–Crippen LogP) is 1.77. The molecule has 0 radical (unpaired) electrons. The lowest BCUT2D eigenvalue weighted by molar-refractivity contribution is -0.135. The highest BCUT2D eigenvalue weighted by Crippen LogP contribution is 2.34. The molecular weight excluding hydrogens is 316 g/mol. The zero-order chi connectivity index (χ0) is 18.0. The van der Waals surface area contributed by atoms with Crippen LogP contribution in [0.4, 0.5) is 5.69 Å². The summed E-state index contributed by atoms with van der Waals surface area (Å²) in [7, 11) is 2.00. The van der Waals surface area contributed by atoms with Crippen molar-refractivity contribution in [3.8, 4) is 0 Å². The van der Waals surface area contributed by atoms with Gasteiger partial charge in [-0.3, -0.25) is 19.5 Å². The molecule has 0 N–H and O–H groups in total. The first-order valence-electron chi connectivity index (χ1n) is 9.21. The standard InChI is InChI=1S/C19H28N4O2/c1-4-15(5-2)18(25)22-10-8-19(13-22)14-23(17(24)12-21(19)3)16-7-6-9-20-11-16/h6-7,9,11,15H,4-5,8,10,12-14H2,1-3H3/t19-/m1/s1. The Morgan fingerprint density at radius 1 is 1.32 bits per heavy atom. The number of aromatic nitrogens is 1. The number of carbonyl (C=O) groups excluding carboxylic acids is 2. The van der Waals surface area contributed by atoms with Crippen molar-refractivity contribution in [3.63, 3.8) is 0 Å². The number of likely N-dealkylation sites (N-methyl/N-ethyl adjacent to an activating group) is 1. The lowest BCUT2D eigenvalue weighted by atomic mass is 9.92. The second kappa shape index (κ2) is 7.12. The van der Waals surface area contributed by atoms with Gasteiger partial charge in [-0.25, -0.2) is 0 Å². The number of hydrogen-bond donors (Lipinski definition) is 0. The molecule has 0 saturated carbocycles. The Balaban J connectivity index is 1.79. The molecule has 1 aromatic heterocycles. The van der Waals surface area contributed by atoms with Crippen molar-refractivity contribution in [2.24, 2.45) is 5.92 Å². The second-order valence-electron chi connectivity index (χ2n) is 7.29. The summed E-state index contributed by atoms with van der Waals surface area (Å²) in [6.07, 6.45) is 6.12. The Labute approximate surface area is 149 Å². The number of piperazine rings is 1. The molecule has 136 valence electrons. The lowest BCUT2D eigenvalue weighted by Crippen LogP contribution is -2.64. The molecule has 6 nitrogen and oxygen atoms in total. The number of pyridine rings is 1. The highest BCUT2D eigenvalue weighted by molar-refractivity contribution is 5.96. The van der Waals surface area contributed by atoms with Crippen molar-refractivity contribution in [1.82, 2.24) is 14.8 Å². The summed E-state index contributed by atoms with van der Waals surface area (Å²) < 4.78 is 0. The fourth-order valence-electron chi connectivity index (χ4n) is 4.09. The first-order chi connectivity index (χ1) is 12.0. The van der Waals surface area contributed by atoms with Gasteiger partial charge in [0.2, 0.25) is 11.8 Å². The van der Waals surface area contributed by atoms with E-state index in [0.29, 0.717) is 19.6 Å². The van der Waals surface area contributed by atoms with E-state index in [0.717, 1.165) is 31.5 Å². The minimum Gasteiger partial charge on any atom is -0.340 e. The van der Waals surface area contributed by atoms with E-state index in [-0.39, 0.29) is 23.3 Å². The molecule has 25 heavy (non-hydrogen) atoms. The number of amides is 2. The van der Waals surface area contributed by atoms with Crippen molar-refractivity contribution in [1.29, 1.82) is 0 Å². The Morgan fingerprint density at radius 2 is 2.08 bits per heavy atom. The second-order valence-corrected chi connectivity index (χ2v) is 7.29. The average Bonchev–Trinajstić information content (AvgIpc) is 3.05. The third kappa shape index (κ3) is 3.27. The topological polar surface area (TPSA) is 56.8 Å². The quantitative estimate of drug-likeness (QED) is 0.835. The SMILES string of the molecule is CCC(CC)C(=O)N1CC[C@@]2(C1)CN(c1cccnc1)C(=O)CN2C. The van der Waals surface area contributed by atoms with Crippen molar-refractivity contribution in [2.75, 3.05) is 38.1 Å².